The Bertz CT molecular complexity index is 841. The molecule has 3 rings (SSSR count). The number of benzene rings is 1. The first-order valence-electron chi connectivity index (χ1n) is 8.29. The van der Waals surface area contributed by atoms with E-state index in [9.17, 15) is 14.0 Å². The Balaban J connectivity index is 1.65. The van der Waals surface area contributed by atoms with E-state index < -0.39 is 0 Å². The Kier molecular flexibility index (Phi) is 4.83. The number of nitrogens with zero attached hydrogens (tertiary/aromatic N) is 3. The van der Waals surface area contributed by atoms with E-state index in [4.69, 9.17) is 0 Å². The fourth-order valence-corrected chi connectivity index (χ4v) is 3.13. The Labute approximate surface area is 145 Å². The Hall–Kier alpha value is -2.70. The highest BCUT2D eigenvalue weighted by molar-refractivity contribution is 5.79. The number of para-hydroxylation sites is 1. The number of anilines is 1. The van der Waals surface area contributed by atoms with E-state index in [1.54, 1.807) is 36.9 Å². The molecule has 1 aromatic heterocycles. The van der Waals surface area contributed by atoms with Gasteiger partial charge in [-0.1, -0.05) is 12.1 Å². The quantitative estimate of drug-likeness (QED) is 0.914. The maximum Gasteiger partial charge on any atom is 0.254 e. The normalized spacial score (nSPS) is 14.7. The van der Waals surface area contributed by atoms with Crippen molar-refractivity contribution in [2.45, 2.75) is 20.3 Å². The van der Waals surface area contributed by atoms with Gasteiger partial charge in [-0.25, -0.2) is 9.37 Å². The molecule has 1 aliphatic heterocycles. The zero-order chi connectivity index (χ0) is 18.0. The van der Waals surface area contributed by atoms with Crippen molar-refractivity contribution in [1.29, 1.82) is 0 Å². The first-order chi connectivity index (χ1) is 12.0. The fourth-order valence-electron chi connectivity index (χ4n) is 3.13. The average Bonchev–Trinajstić information content (AvgIpc) is 2.58. The van der Waals surface area contributed by atoms with Crippen molar-refractivity contribution in [1.82, 2.24) is 14.9 Å². The van der Waals surface area contributed by atoms with Gasteiger partial charge in [-0.05, 0) is 26.0 Å². The molecular weight excluding hydrogens is 323 g/mol. The summed E-state index contributed by atoms with van der Waals surface area (Å²) in [7, 11) is 0. The van der Waals surface area contributed by atoms with Crippen LogP contribution in [-0.4, -0.2) is 47.0 Å². The molecular formula is C18H21FN4O2. The lowest BCUT2D eigenvalue weighted by atomic mass is 10.1. The van der Waals surface area contributed by atoms with Gasteiger partial charge in [0, 0.05) is 37.4 Å². The van der Waals surface area contributed by atoms with Crippen LogP contribution in [0.3, 0.4) is 0 Å². The largest absolute Gasteiger partial charge is 0.366 e. The molecule has 1 aliphatic rings. The lowest BCUT2D eigenvalue weighted by Gasteiger charge is -2.36. The molecule has 1 saturated heterocycles. The predicted molar refractivity (Wildman–Crippen MR) is 93.2 cm³/mol. The number of aromatic amines is 1. The molecule has 0 radical (unpaired) electrons. The van der Waals surface area contributed by atoms with Crippen LogP contribution >= 0.6 is 0 Å². The standard InChI is InChI=1S/C18H21FN4O2/c1-12-14(18(25)21-13(2)20-12)11-17(24)23-9-7-22(8-10-23)16-6-4-3-5-15(16)19/h3-6H,7-11H2,1-2H3,(H,20,21,25). The number of carbonyl (C=O) groups excluding carboxylic acids is 1. The van der Waals surface area contributed by atoms with E-state index in [0.29, 0.717) is 48.9 Å². The molecule has 6 nitrogen and oxygen atoms in total. The van der Waals surface area contributed by atoms with Crippen LogP contribution in [-0.2, 0) is 11.2 Å². The number of aromatic nitrogens is 2. The molecule has 0 aliphatic carbocycles. The summed E-state index contributed by atoms with van der Waals surface area (Å²) in [6.07, 6.45) is 0.0359. The molecule has 7 heteroatoms. The van der Waals surface area contributed by atoms with E-state index >= 15 is 0 Å². The lowest BCUT2D eigenvalue weighted by molar-refractivity contribution is -0.130. The SMILES string of the molecule is Cc1nc(C)c(CC(=O)N2CCN(c3ccccc3F)CC2)c(=O)[nH]1. The Morgan fingerprint density at radius 1 is 1.20 bits per heavy atom. The summed E-state index contributed by atoms with van der Waals surface area (Å²) in [6, 6.07) is 6.64. The summed E-state index contributed by atoms with van der Waals surface area (Å²) in [6.45, 7) is 5.58. The smallest absolute Gasteiger partial charge is 0.254 e. The summed E-state index contributed by atoms with van der Waals surface area (Å²) in [5.74, 6) is 0.180. The third-order valence-electron chi connectivity index (χ3n) is 4.49. The van der Waals surface area contributed by atoms with Gasteiger partial charge >= 0.3 is 0 Å². The first kappa shape index (κ1) is 17.1. The second kappa shape index (κ2) is 7.04. The summed E-state index contributed by atoms with van der Waals surface area (Å²) in [5, 5.41) is 0. The van der Waals surface area contributed by atoms with Gasteiger partial charge in [-0.3, -0.25) is 9.59 Å². The van der Waals surface area contributed by atoms with Crippen molar-refractivity contribution in [2.24, 2.45) is 0 Å². The van der Waals surface area contributed by atoms with Crippen LogP contribution in [0.1, 0.15) is 17.1 Å². The molecule has 0 spiro atoms. The molecule has 2 heterocycles. The number of piperazine rings is 1. The number of hydrogen-bond donors (Lipinski definition) is 1. The minimum atomic E-state index is -0.261. The molecule has 1 amide bonds. The van der Waals surface area contributed by atoms with Crippen LogP contribution < -0.4 is 10.5 Å². The third-order valence-corrected chi connectivity index (χ3v) is 4.49. The number of carbonyl (C=O) groups is 1. The van der Waals surface area contributed by atoms with Crippen LogP contribution in [0, 0.1) is 19.7 Å². The number of rotatable bonds is 3. The van der Waals surface area contributed by atoms with E-state index in [2.05, 4.69) is 9.97 Å². The molecule has 0 bridgehead atoms. The van der Waals surface area contributed by atoms with E-state index in [0.717, 1.165) is 0 Å². The van der Waals surface area contributed by atoms with Crippen LogP contribution in [0.5, 0.6) is 0 Å². The fraction of sp³-hybridized carbons (Fsp3) is 0.389. The highest BCUT2D eigenvalue weighted by atomic mass is 19.1. The van der Waals surface area contributed by atoms with Gasteiger partial charge in [0.2, 0.25) is 5.91 Å². The van der Waals surface area contributed by atoms with Crippen molar-refractivity contribution in [3.63, 3.8) is 0 Å². The van der Waals surface area contributed by atoms with Gasteiger partial charge < -0.3 is 14.8 Å². The van der Waals surface area contributed by atoms with Gasteiger partial charge in [0.1, 0.15) is 11.6 Å². The zero-order valence-corrected chi connectivity index (χ0v) is 14.4. The third kappa shape index (κ3) is 3.70. The molecule has 0 saturated carbocycles. The summed E-state index contributed by atoms with van der Waals surface area (Å²) >= 11 is 0. The minimum absolute atomic E-state index is 0.0359. The number of hydrogen-bond acceptors (Lipinski definition) is 4. The molecule has 2 aromatic rings. The van der Waals surface area contributed by atoms with Crippen molar-refractivity contribution >= 4 is 11.6 Å². The minimum Gasteiger partial charge on any atom is -0.366 e. The summed E-state index contributed by atoms with van der Waals surface area (Å²) < 4.78 is 13.9. The maximum absolute atomic E-state index is 13.9. The number of nitrogens with one attached hydrogen (secondary N) is 1. The van der Waals surface area contributed by atoms with E-state index in [1.807, 2.05) is 4.90 Å². The molecule has 1 fully saturated rings. The van der Waals surface area contributed by atoms with Crippen LogP contribution in [0.2, 0.25) is 0 Å². The topological polar surface area (TPSA) is 69.3 Å². The summed E-state index contributed by atoms with van der Waals surface area (Å²) in [4.78, 5) is 35.1. The highest BCUT2D eigenvalue weighted by Gasteiger charge is 2.24. The van der Waals surface area contributed by atoms with Crippen molar-refractivity contribution in [3.05, 3.63) is 57.5 Å². The van der Waals surface area contributed by atoms with Crippen molar-refractivity contribution < 1.29 is 9.18 Å². The molecule has 1 aromatic carbocycles. The number of amides is 1. The van der Waals surface area contributed by atoms with Gasteiger partial charge in [0.05, 0.1) is 12.1 Å². The predicted octanol–water partition coefficient (Wildman–Crippen LogP) is 1.42. The van der Waals surface area contributed by atoms with E-state index in [1.165, 1.54) is 6.07 Å². The Morgan fingerprint density at radius 2 is 1.88 bits per heavy atom. The monoisotopic (exact) mass is 344 g/mol. The van der Waals surface area contributed by atoms with Crippen LogP contribution in [0.15, 0.2) is 29.1 Å². The van der Waals surface area contributed by atoms with E-state index in [-0.39, 0.29) is 23.7 Å². The van der Waals surface area contributed by atoms with Gasteiger partial charge in [-0.2, -0.15) is 0 Å². The number of H-pyrrole nitrogens is 1. The Morgan fingerprint density at radius 3 is 2.52 bits per heavy atom. The lowest BCUT2D eigenvalue weighted by Crippen LogP contribution is -2.49. The van der Waals surface area contributed by atoms with Crippen LogP contribution in [0.4, 0.5) is 10.1 Å². The maximum atomic E-state index is 13.9. The second-order valence-corrected chi connectivity index (χ2v) is 6.21. The van der Waals surface area contributed by atoms with Gasteiger partial charge in [-0.15, -0.1) is 0 Å². The van der Waals surface area contributed by atoms with Crippen molar-refractivity contribution in [3.8, 4) is 0 Å². The zero-order valence-electron chi connectivity index (χ0n) is 14.4. The number of halogens is 1. The average molecular weight is 344 g/mol. The molecule has 25 heavy (non-hydrogen) atoms. The van der Waals surface area contributed by atoms with Crippen molar-refractivity contribution in [2.75, 3.05) is 31.1 Å². The highest BCUT2D eigenvalue weighted by Crippen LogP contribution is 2.20. The molecule has 0 atom stereocenters. The first-order valence-corrected chi connectivity index (χ1v) is 8.29. The van der Waals surface area contributed by atoms with Gasteiger partial charge in [0.25, 0.3) is 5.56 Å². The summed E-state index contributed by atoms with van der Waals surface area (Å²) in [5.41, 5.74) is 1.29. The molecule has 132 valence electrons. The number of aryl methyl sites for hydroxylation is 2. The second-order valence-electron chi connectivity index (χ2n) is 6.21. The molecule has 0 unspecified atom stereocenters. The van der Waals surface area contributed by atoms with Crippen LogP contribution in [0.25, 0.3) is 0 Å². The van der Waals surface area contributed by atoms with Gasteiger partial charge in [0.15, 0.2) is 0 Å². The molecule has 1 N–H and O–H groups in total.